The maximum absolute atomic E-state index is 10.8. The number of aliphatic hydroxyl groups is 1. The summed E-state index contributed by atoms with van der Waals surface area (Å²) in [6, 6.07) is 0. The Hall–Kier alpha value is -0.840. The van der Waals surface area contributed by atoms with Crippen LogP contribution < -0.4 is 0 Å². The second-order valence-electron chi connectivity index (χ2n) is 2.27. The van der Waals surface area contributed by atoms with Gasteiger partial charge >= 0.3 is 7.82 Å². The van der Waals surface area contributed by atoms with Gasteiger partial charge in [0, 0.05) is 6.42 Å². The zero-order valence-corrected chi connectivity index (χ0v) is 7.90. The molecule has 0 rings (SSSR count). The number of phosphoric ester groups is 1. The molecular formula is C6H11O6P. The van der Waals surface area contributed by atoms with Crippen LogP contribution in [0.4, 0.5) is 0 Å². The molecule has 0 aromatic heterocycles. The summed E-state index contributed by atoms with van der Waals surface area (Å²) in [4.78, 5) is 27.2. The SMILES string of the molecule is CCCC(=O)/C(O)=C/OP(=O)(O)O. The highest BCUT2D eigenvalue weighted by Crippen LogP contribution is 2.36. The molecule has 0 bridgehead atoms. The topological polar surface area (TPSA) is 104 Å². The molecule has 7 heteroatoms. The third kappa shape index (κ3) is 6.33. The Balaban J connectivity index is 4.17. The number of aliphatic hydroxyl groups excluding tert-OH is 1. The predicted molar refractivity (Wildman–Crippen MR) is 43.8 cm³/mol. The largest absolute Gasteiger partial charge is 0.524 e. The standard InChI is InChI=1S/C6H11O6P/c1-2-3-5(7)6(8)4-12-13(9,10)11/h4,8H,2-3H2,1H3,(H2,9,10,11)/b6-4-. The summed E-state index contributed by atoms with van der Waals surface area (Å²) in [5.74, 6) is -1.40. The van der Waals surface area contributed by atoms with E-state index in [0.29, 0.717) is 12.7 Å². The van der Waals surface area contributed by atoms with Crippen molar-refractivity contribution in [2.24, 2.45) is 0 Å². The molecule has 3 N–H and O–H groups in total. The normalized spacial score (nSPS) is 12.7. The van der Waals surface area contributed by atoms with Crippen LogP contribution in [0.15, 0.2) is 12.0 Å². The lowest BCUT2D eigenvalue weighted by Crippen LogP contribution is -2.01. The zero-order chi connectivity index (χ0) is 10.5. The number of hydrogen-bond acceptors (Lipinski definition) is 4. The van der Waals surface area contributed by atoms with E-state index in [1.54, 1.807) is 6.92 Å². The number of rotatable bonds is 5. The molecule has 0 fully saturated rings. The van der Waals surface area contributed by atoms with Crippen LogP contribution in [-0.4, -0.2) is 20.7 Å². The molecular weight excluding hydrogens is 199 g/mol. The third-order valence-corrected chi connectivity index (χ3v) is 1.44. The Morgan fingerprint density at radius 3 is 2.46 bits per heavy atom. The van der Waals surface area contributed by atoms with Gasteiger partial charge in [-0.1, -0.05) is 6.92 Å². The summed E-state index contributed by atoms with van der Waals surface area (Å²) in [5, 5.41) is 8.86. The molecule has 6 nitrogen and oxygen atoms in total. The van der Waals surface area contributed by atoms with Crippen LogP contribution in [-0.2, 0) is 13.9 Å². The Bertz CT molecular complexity index is 252. The van der Waals surface area contributed by atoms with Crippen LogP contribution in [0, 0.1) is 0 Å². The minimum atomic E-state index is -4.67. The number of Topliss-reactive ketones (excluding diaryl/α,β-unsaturated/α-hetero) is 1. The molecule has 0 spiro atoms. The molecule has 0 atom stereocenters. The minimum absolute atomic E-state index is 0.104. The molecule has 0 radical (unpaired) electrons. The van der Waals surface area contributed by atoms with E-state index in [1.807, 2.05) is 0 Å². The lowest BCUT2D eigenvalue weighted by molar-refractivity contribution is -0.118. The van der Waals surface area contributed by atoms with Crippen molar-refractivity contribution >= 4 is 13.6 Å². The van der Waals surface area contributed by atoms with Crippen molar-refractivity contribution in [1.82, 2.24) is 0 Å². The van der Waals surface area contributed by atoms with Crippen LogP contribution in [0.1, 0.15) is 19.8 Å². The van der Waals surface area contributed by atoms with Gasteiger partial charge in [-0.3, -0.25) is 14.6 Å². The lowest BCUT2D eigenvalue weighted by atomic mass is 10.2. The number of carbonyl (C=O) groups is 1. The van der Waals surface area contributed by atoms with Gasteiger partial charge in [-0.25, -0.2) is 4.57 Å². The molecule has 0 aliphatic rings. The zero-order valence-electron chi connectivity index (χ0n) is 7.01. The van der Waals surface area contributed by atoms with Gasteiger partial charge in [-0.05, 0) is 6.42 Å². The number of allylic oxidation sites excluding steroid dienone is 1. The van der Waals surface area contributed by atoms with Crippen molar-refractivity contribution in [3.8, 4) is 0 Å². The maximum Gasteiger partial charge on any atom is 0.524 e. The average Bonchev–Trinajstić information content (AvgIpc) is 1.99. The molecule has 13 heavy (non-hydrogen) atoms. The summed E-state index contributed by atoms with van der Waals surface area (Å²) in [5.41, 5.74) is 0. The van der Waals surface area contributed by atoms with Gasteiger partial charge in [0.15, 0.2) is 11.5 Å². The summed E-state index contributed by atoms with van der Waals surface area (Å²) >= 11 is 0. The summed E-state index contributed by atoms with van der Waals surface area (Å²) < 4.78 is 13.9. The predicted octanol–water partition coefficient (Wildman–Crippen LogP) is 0.864. The molecule has 0 aromatic carbocycles. The fraction of sp³-hybridized carbons (Fsp3) is 0.500. The van der Waals surface area contributed by atoms with Gasteiger partial charge in [0.25, 0.3) is 0 Å². The second kappa shape index (κ2) is 5.01. The Morgan fingerprint density at radius 1 is 1.54 bits per heavy atom. The number of phosphoric acid groups is 1. The smallest absolute Gasteiger partial charge is 0.502 e. The van der Waals surface area contributed by atoms with Crippen molar-refractivity contribution in [3.05, 3.63) is 12.0 Å². The van der Waals surface area contributed by atoms with Crippen LogP contribution in [0.2, 0.25) is 0 Å². The van der Waals surface area contributed by atoms with E-state index in [2.05, 4.69) is 4.52 Å². The van der Waals surface area contributed by atoms with Crippen molar-refractivity contribution in [3.63, 3.8) is 0 Å². The molecule has 0 aliphatic heterocycles. The van der Waals surface area contributed by atoms with Crippen molar-refractivity contribution in [1.29, 1.82) is 0 Å². The molecule has 0 aromatic rings. The number of carbonyl (C=O) groups excluding carboxylic acids is 1. The maximum atomic E-state index is 10.8. The van der Waals surface area contributed by atoms with Crippen LogP contribution in [0.25, 0.3) is 0 Å². The van der Waals surface area contributed by atoms with E-state index in [0.717, 1.165) is 0 Å². The highest BCUT2D eigenvalue weighted by atomic mass is 31.2. The number of ketones is 1. The summed E-state index contributed by atoms with van der Waals surface area (Å²) in [7, 11) is -4.67. The van der Waals surface area contributed by atoms with Crippen molar-refractivity contribution in [2.75, 3.05) is 0 Å². The molecule has 0 unspecified atom stereocenters. The Labute approximate surface area is 75.1 Å². The quantitative estimate of drug-likeness (QED) is 0.353. The highest BCUT2D eigenvalue weighted by molar-refractivity contribution is 7.46. The molecule has 0 amide bonds. The Kier molecular flexibility index (Phi) is 4.69. The van der Waals surface area contributed by atoms with E-state index < -0.39 is 19.4 Å². The van der Waals surface area contributed by atoms with E-state index in [1.165, 1.54) is 0 Å². The van der Waals surface area contributed by atoms with E-state index in [4.69, 9.17) is 14.9 Å². The van der Waals surface area contributed by atoms with Crippen LogP contribution in [0.3, 0.4) is 0 Å². The summed E-state index contributed by atoms with van der Waals surface area (Å²) in [6.45, 7) is 1.73. The first-order chi connectivity index (χ1) is 5.87. The first kappa shape index (κ1) is 12.2. The van der Waals surface area contributed by atoms with Crippen molar-refractivity contribution < 1.29 is 28.8 Å². The minimum Gasteiger partial charge on any atom is -0.502 e. The van der Waals surface area contributed by atoms with Gasteiger partial charge in [-0.2, -0.15) is 0 Å². The van der Waals surface area contributed by atoms with E-state index in [-0.39, 0.29) is 6.42 Å². The molecule has 76 valence electrons. The molecule has 0 aliphatic carbocycles. The second-order valence-corrected chi connectivity index (χ2v) is 3.46. The van der Waals surface area contributed by atoms with Gasteiger partial charge in [-0.15, -0.1) is 0 Å². The molecule has 0 saturated heterocycles. The molecule has 0 heterocycles. The summed E-state index contributed by atoms with van der Waals surface area (Å²) in [6.07, 6.45) is 0.998. The van der Waals surface area contributed by atoms with Crippen molar-refractivity contribution in [2.45, 2.75) is 19.8 Å². The van der Waals surface area contributed by atoms with E-state index in [9.17, 15) is 9.36 Å². The van der Waals surface area contributed by atoms with E-state index >= 15 is 0 Å². The highest BCUT2D eigenvalue weighted by Gasteiger charge is 2.14. The van der Waals surface area contributed by atoms with Gasteiger partial charge in [0.2, 0.25) is 0 Å². The monoisotopic (exact) mass is 210 g/mol. The fourth-order valence-corrected chi connectivity index (χ4v) is 0.777. The Morgan fingerprint density at radius 2 is 2.08 bits per heavy atom. The van der Waals surface area contributed by atoms with Gasteiger partial charge in [0.1, 0.15) is 6.26 Å². The fourth-order valence-electron chi connectivity index (χ4n) is 0.539. The van der Waals surface area contributed by atoms with Crippen LogP contribution >= 0.6 is 7.82 Å². The molecule has 0 saturated carbocycles. The van der Waals surface area contributed by atoms with Crippen LogP contribution in [0.5, 0.6) is 0 Å². The number of hydrogen-bond donors (Lipinski definition) is 3. The average molecular weight is 210 g/mol. The van der Waals surface area contributed by atoms with Gasteiger partial charge < -0.3 is 9.63 Å². The van der Waals surface area contributed by atoms with Gasteiger partial charge in [0.05, 0.1) is 0 Å². The first-order valence-corrected chi connectivity index (χ1v) is 5.06. The lowest BCUT2D eigenvalue weighted by Gasteiger charge is -2.01. The first-order valence-electron chi connectivity index (χ1n) is 3.53. The third-order valence-electron chi connectivity index (χ3n) is 1.06.